The summed E-state index contributed by atoms with van der Waals surface area (Å²) in [4.78, 5) is 8.36. The molecule has 3 N–H and O–H groups in total. The third-order valence-electron chi connectivity index (χ3n) is 2.44. The fourth-order valence-corrected chi connectivity index (χ4v) is 1.62. The topological polar surface area (TPSA) is 63.8 Å². The first-order chi connectivity index (χ1) is 6.40. The Balaban J connectivity index is 2.12. The van der Waals surface area contributed by atoms with Crippen LogP contribution < -0.4 is 11.1 Å². The lowest BCUT2D eigenvalue weighted by molar-refractivity contribution is 0.744. The van der Waals surface area contributed by atoms with Crippen molar-refractivity contribution in [2.45, 2.75) is 18.9 Å². The largest absolute Gasteiger partial charge is 0.324 e. The molecule has 1 aromatic heterocycles. The summed E-state index contributed by atoms with van der Waals surface area (Å²) in [7, 11) is 0. The summed E-state index contributed by atoms with van der Waals surface area (Å²) >= 11 is 0. The van der Waals surface area contributed by atoms with Gasteiger partial charge in [-0.1, -0.05) is 0 Å². The second-order valence-corrected chi connectivity index (χ2v) is 3.33. The van der Waals surface area contributed by atoms with E-state index in [1.54, 1.807) is 0 Å². The van der Waals surface area contributed by atoms with Crippen molar-refractivity contribution in [2.24, 2.45) is 5.73 Å². The van der Waals surface area contributed by atoms with Crippen LogP contribution in [0.3, 0.4) is 0 Å². The van der Waals surface area contributed by atoms with E-state index in [0.29, 0.717) is 12.5 Å². The molecule has 1 saturated heterocycles. The lowest BCUT2D eigenvalue weighted by Gasteiger charge is -2.07. The molecule has 2 rings (SSSR count). The second-order valence-electron chi connectivity index (χ2n) is 3.33. The quantitative estimate of drug-likeness (QED) is 0.669. The molecule has 0 bridgehead atoms. The van der Waals surface area contributed by atoms with Crippen LogP contribution in [-0.2, 0) is 6.54 Å². The zero-order chi connectivity index (χ0) is 9.10. The first-order valence-corrected chi connectivity index (χ1v) is 4.62. The summed E-state index contributed by atoms with van der Waals surface area (Å²) in [6, 6.07) is 0. The summed E-state index contributed by atoms with van der Waals surface area (Å²) in [6.45, 7) is 2.57. The van der Waals surface area contributed by atoms with Gasteiger partial charge in [-0.15, -0.1) is 0 Å². The summed E-state index contributed by atoms with van der Waals surface area (Å²) in [5.74, 6) is 1.31. The molecule has 0 aliphatic carbocycles. The zero-order valence-electron chi connectivity index (χ0n) is 7.53. The van der Waals surface area contributed by atoms with E-state index in [2.05, 4.69) is 15.3 Å². The second kappa shape index (κ2) is 3.81. The van der Waals surface area contributed by atoms with Crippen molar-refractivity contribution >= 4 is 0 Å². The number of rotatable bonds is 2. The molecule has 4 nitrogen and oxygen atoms in total. The molecule has 1 atom stereocenters. The molecule has 0 radical (unpaired) electrons. The highest BCUT2D eigenvalue weighted by Gasteiger charge is 2.16. The number of hydrogen-bond acceptors (Lipinski definition) is 4. The number of aromatic nitrogens is 2. The molecular formula is C9H14N4. The number of nitrogens with two attached hydrogens (primary N) is 1. The Morgan fingerprint density at radius 3 is 2.77 bits per heavy atom. The Morgan fingerprint density at radius 1 is 1.46 bits per heavy atom. The van der Waals surface area contributed by atoms with Crippen LogP contribution in [0, 0.1) is 0 Å². The minimum Gasteiger partial charge on any atom is -0.324 e. The predicted octanol–water partition coefficient (Wildman–Crippen LogP) is 0.0122. The van der Waals surface area contributed by atoms with Gasteiger partial charge in [-0.3, -0.25) is 0 Å². The Morgan fingerprint density at radius 2 is 2.23 bits per heavy atom. The lowest BCUT2D eigenvalue weighted by Crippen LogP contribution is -2.09. The third kappa shape index (κ3) is 1.84. The average Bonchev–Trinajstić information content (AvgIpc) is 2.71. The first-order valence-electron chi connectivity index (χ1n) is 4.62. The summed E-state index contributed by atoms with van der Waals surface area (Å²) in [5, 5.41) is 3.32. The van der Waals surface area contributed by atoms with Gasteiger partial charge in [0.15, 0.2) is 0 Å². The molecule has 70 valence electrons. The Hall–Kier alpha value is -1.00. The van der Waals surface area contributed by atoms with Crippen LogP contribution in [0.5, 0.6) is 0 Å². The van der Waals surface area contributed by atoms with Gasteiger partial charge in [-0.05, 0) is 18.5 Å². The van der Waals surface area contributed by atoms with E-state index < -0.39 is 0 Å². The van der Waals surface area contributed by atoms with Crippen molar-refractivity contribution in [3.63, 3.8) is 0 Å². The molecule has 0 aromatic carbocycles. The zero-order valence-corrected chi connectivity index (χ0v) is 7.53. The van der Waals surface area contributed by atoms with Crippen molar-refractivity contribution in [3.8, 4) is 0 Å². The van der Waals surface area contributed by atoms with Gasteiger partial charge in [0.1, 0.15) is 5.82 Å². The highest BCUT2D eigenvalue weighted by molar-refractivity contribution is 5.13. The van der Waals surface area contributed by atoms with E-state index in [1.807, 2.05) is 12.4 Å². The smallest absolute Gasteiger partial charge is 0.141 e. The minimum atomic E-state index is 0.420. The highest BCUT2D eigenvalue weighted by atomic mass is 14.9. The van der Waals surface area contributed by atoms with Gasteiger partial charge in [-0.2, -0.15) is 0 Å². The van der Waals surface area contributed by atoms with Gasteiger partial charge in [0.05, 0.1) is 6.54 Å². The molecular weight excluding hydrogens is 164 g/mol. The van der Waals surface area contributed by atoms with Gasteiger partial charge in [0, 0.05) is 24.9 Å². The van der Waals surface area contributed by atoms with E-state index in [1.165, 1.54) is 12.0 Å². The monoisotopic (exact) mass is 178 g/mol. The van der Waals surface area contributed by atoms with Crippen molar-refractivity contribution in [3.05, 3.63) is 23.8 Å². The van der Waals surface area contributed by atoms with Crippen LogP contribution in [0.2, 0.25) is 0 Å². The maximum Gasteiger partial charge on any atom is 0.141 e. The molecule has 1 fully saturated rings. The van der Waals surface area contributed by atoms with Crippen LogP contribution in [0.1, 0.15) is 23.7 Å². The minimum absolute atomic E-state index is 0.420. The number of nitrogens with one attached hydrogen (secondary N) is 1. The normalized spacial score (nSPS) is 22.1. The van der Waals surface area contributed by atoms with Crippen molar-refractivity contribution in [2.75, 3.05) is 13.1 Å². The SMILES string of the molecule is NCc1ncc(C2CCNC2)cn1. The van der Waals surface area contributed by atoms with Crippen LogP contribution in [0.25, 0.3) is 0 Å². The molecule has 1 aromatic rings. The number of hydrogen-bond donors (Lipinski definition) is 2. The summed E-state index contributed by atoms with van der Waals surface area (Å²) < 4.78 is 0. The first kappa shape index (κ1) is 8.59. The summed E-state index contributed by atoms with van der Waals surface area (Å²) in [6.07, 6.45) is 4.98. The van der Waals surface area contributed by atoms with E-state index >= 15 is 0 Å². The van der Waals surface area contributed by atoms with Crippen LogP contribution >= 0.6 is 0 Å². The van der Waals surface area contributed by atoms with E-state index in [-0.39, 0.29) is 0 Å². The molecule has 1 unspecified atom stereocenters. The van der Waals surface area contributed by atoms with Crippen molar-refractivity contribution in [1.82, 2.24) is 15.3 Å². The Bertz CT molecular complexity index is 263. The third-order valence-corrected chi connectivity index (χ3v) is 2.44. The fourth-order valence-electron chi connectivity index (χ4n) is 1.62. The van der Waals surface area contributed by atoms with E-state index in [0.717, 1.165) is 18.9 Å². The summed E-state index contributed by atoms with van der Waals surface area (Å²) in [5.41, 5.74) is 6.64. The Kier molecular flexibility index (Phi) is 2.52. The van der Waals surface area contributed by atoms with Crippen LogP contribution in [0.15, 0.2) is 12.4 Å². The van der Waals surface area contributed by atoms with E-state index in [9.17, 15) is 0 Å². The molecule has 2 heterocycles. The number of nitrogens with zero attached hydrogens (tertiary/aromatic N) is 2. The fraction of sp³-hybridized carbons (Fsp3) is 0.556. The standard InChI is InChI=1S/C9H14N4/c10-3-9-12-5-8(6-13-9)7-1-2-11-4-7/h5-7,11H,1-4,10H2. The highest BCUT2D eigenvalue weighted by Crippen LogP contribution is 2.20. The molecule has 4 heteroatoms. The molecule has 0 amide bonds. The maximum atomic E-state index is 5.42. The van der Waals surface area contributed by atoms with Gasteiger partial charge >= 0.3 is 0 Å². The predicted molar refractivity (Wildman–Crippen MR) is 50.2 cm³/mol. The van der Waals surface area contributed by atoms with Crippen LogP contribution in [0.4, 0.5) is 0 Å². The lowest BCUT2D eigenvalue weighted by atomic mass is 10.0. The molecule has 1 aliphatic rings. The van der Waals surface area contributed by atoms with Gasteiger partial charge < -0.3 is 11.1 Å². The molecule has 1 aliphatic heterocycles. The molecule has 13 heavy (non-hydrogen) atoms. The Labute approximate surface area is 77.6 Å². The van der Waals surface area contributed by atoms with E-state index in [4.69, 9.17) is 5.73 Å². The maximum absolute atomic E-state index is 5.42. The van der Waals surface area contributed by atoms with Gasteiger partial charge in [0.25, 0.3) is 0 Å². The van der Waals surface area contributed by atoms with Crippen LogP contribution in [-0.4, -0.2) is 23.1 Å². The van der Waals surface area contributed by atoms with Gasteiger partial charge in [-0.25, -0.2) is 9.97 Å². The average molecular weight is 178 g/mol. The molecule has 0 spiro atoms. The van der Waals surface area contributed by atoms with Crippen molar-refractivity contribution in [1.29, 1.82) is 0 Å². The van der Waals surface area contributed by atoms with Gasteiger partial charge in [0.2, 0.25) is 0 Å². The molecule has 0 saturated carbocycles. The van der Waals surface area contributed by atoms with Crippen molar-refractivity contribution < 1.29 is 0 Å².